The lowest BCUT2D eigenvalue weighted by atomic mass is 10.1. The molecule has 0 saturated heterocycles. The van der Waals surface area contributed by atoms with Crippen LogP contribution in [0.25, 0.3) is 0 Å². The number of nitrogens with one attached hydrogen (secondary N) is 2. The van der Waals surface area contributed by atoms with Gasteiger partial charge in [0.05, 0.1) is 16.3 Å². The van der Waals surface area contributed by atoms with Gasteiger partial charge in [-0.2, -0.15) is 0 Å². The first kappa shape index (κ1) is 18.9. The fourth-order valence-electron chi connectivity index (χ4n) is 2.31. The van der Waals surface area contributed by atoms with Gasteiger partial charge in [0, 0.05) is 17.4 Å². The third kappa shape index (κ3) is 4.84. The second-order valence-corrected chi connectivity index (χ2v) is 6.63. The van der Waals surface area contributed by atoms with E-state index in [1.54, 1.807) is 36.4 Å². The SMILES string of the molecule is Cc1ccc(C(=O)Nc2cc(NC(=O)c3ccc(Cl)nc3)ccc2Cl)cc1. The van der Waals surface area contributed by atoms with Crippen molar-refractivity contribution in [3.05, 3.63) is 87.7 Å². The molecule has 1 heterocycles. The van der Waals surface area contributed by atoms with E-state index >= 15 is 0 Å². The molecule has 2 N–H and O–H groups in total. The molecular weight excluding hydrogens is 385 g/mol. The van der Waals surface area contributed by atoms with E-state index in [1.165, 1.54) is 12.3 Å². The van der Waals surface area contributed by atoms with Crippen molar-refractivity contribution in [3.63, 3.8) is 0 Å². The zero-order valence-corrected chi connectivity index (χ0v) is 15.8. The van der Waals surface area contributed by atoms with E-state index in [4.69, 9.17) is 23.2 Å². The molecular formula is C20H15Cl2N3O2. The summed E-state index contributed by atoms with van der Waals surface area (Å²) in [6, 6.07) is 15.1. The molecule has 27 heavy (non-hydrogen) atoms. The van der Waals surface area contributed by atoms with Crippen molar-refractivity contribution in [3.8, 4) is 0 Å². The Morgan fingerprint density at radius 1 is 0.852 bits per heavy atom. The molecule has 7 heteroatoms. The Kier molecular flexibility index (Phi) is 5.74. The summed E-state index contributed by atoms with van der Waals surface area (Å²) in [4.78, 5) is 28.5. The van der Waals surface area contributed by atoms with Gasteiger partial charge in [0.1, 0.15) is 5.15 Å². The zero-order valence-electron chi connectivity index (χ0n) is 14.3. The first-order chi connectivity index (χ1) is 12.9. The highest BCUT2D eigenvalue weighted by atomic mass is 35.5. The van der Waals surface area contributed by atoms with E-state index in [2.05, 4.69) is 15.6 Å². The minimum absolute atomic E-state index is 0.290. The van der Waals surface area contributed by atoms with Crippen LogP contribution in [-0.4, -0.2) is 16.8 Å². The normalized spacial score (nSPS) is 10.3. The number of aromatic nitrogens is 1. The highest BCUT2D eigenvalue weighted by Gasteiger charge is 2.11. The van der Waals surface area contributed by atoms with Crippen molar-refractivity contribution < 1.29 is 9.59 Å². The fraction of sp³-hybridized carbons (Fsp3) is 0.0500. The lowest BCUT2D eigenvalue weighted by molar-refractivity contribution is 0.101. The Balaban J connectivity index is 1.75. The van der Waals surface area contributed by atoms with Crippen LogP contribution in [-0.2, 0) is 0 Å². The van der Waals surface area contributed by atoms with Crippen molar-refractivity contribution in [1.29, 1.82) is 0 Å². The quantitative estimate of drug-likeness (QED) is 0.592. The third-order valence-electron chi connectivity index (χ3n) is 3.78. The predicted molar refractivity (Wildman–Crippen MR) is 108 cm³/mol. The third-order valence-corrected chi connectivity index (χ3v) is 4.33. The van der Waals surface area contributed by atoms with Crippen molar-refractivity contribution in [1.82, 2.24) is 4.98 Å². The largest absolute Gasteiger partial charge is 0.322 e. The Morgan fingerprint density at radius 3 is 2.19 bits per heavy atom. The molecule has 2 aromatic carbocycles. The van der Waals surface area contributed by atoms with Gasteiger partial charge in [-0.3, -0.25) is 9.59 Å². The molecule has 136 valence electrons. The first-order valence-electron chi connectivity index (χ1n) is 8.03. The standard InChI is InChI=1S/C20H15Cl2N3O2/c1-12-2-4-13(5-3-12)19(26)25-17-10-15(7-8-16(17)21)24-20(27)14-6-9-18(22)23-11-14/h2-11H,1H3,(H,24,27)(H,25,26). The number of hydrogen-bond donors (Lipinski definition) is 2. The second-order valence-electron chi connectivity index (χ2n) is 5.84. The molecule has 0 aliphatic heterocycles. The molecule has 5 nitrogen and oxygen atoms in total. The molecule has 0 spiro atoms. The van der Waals surface area contributed by atoms with Gasteiger partial charge >= 0.3 is 0 Å². The molecule has 0 atom stereocenters. The summed E-state index contributed by atoms with van der Waals surface area (Å²) in [6.07, 6.45) is 1.38. The van der Waals surface area contributed by atoms with E-state index in [-0.39, 0.29) is 11.8 Å². The van der Waals surface area contributed by atoms with Crippen molar-refractivity contribution in [2.24, 2.45) is 0 Å². The van der Waals surface area contributed by atoms with Gasteiger partial charge in [-0.15, -0.1) is 0 Å². The summed E-state index contributed by atoms with van der Waals surface area (Å²) in [5.41, 5.74) is 2.82. The number of carbonyl (C=O) groups excluding carboxylic acids is 2. The van der Waals surface area contributed by atoms with Gasteiger partial charge in [-0.1, -0.05) is 40.9 Å². The Labute approximate surface area is 166 Å². The number of rotatable bonds is 4. The Morgan fingerprint density at radius 2 is 1.52 bits per heavy atom. The molecule has 3 aromatic rings. The molecule has 0 radical (unpaired) electrons. The summed E-state index contributed by atoms with van der Waals surface area (Å²) in [7, 11) is 0. The van der Waals surface area contributed by atoms with E-state index in [9.17, 15) is 9.59 Å². The van der Waals surface area contributed by atoms with Crippen molar-refractivity contribution in [2.45, 2.75) is 6.92 Å². The summed E-state index contributed by atoms with van der Waals surface area (Å²) in [5, 5.41) is 6.16. The molecule has 2 amide bonds. The minimum Gasteiger partial charge on any atom is -0.322 e. The monoisotopic (exact) mass is 399 g/mol. The molecule has 0 bridgehead atoms. The first-order valence-corrected chi connectivity index (χ1v) is 8.78. The molecule has 0 aliphatic carbocycles. The van der Waals surface area contributed by atoms with E-state index < -0.39 is 0 Å². The van der Waals surface area contributed by atoms with Gasteiger partial charge in [-0.05, 0) is 49.4 Å². The fourth-order valence-corrected chi connectivity index (χ4v) is 2.59. The smallest absolute Gasteiger partial charge is 0.257 e. The van der Waals surface area contributed by atoms with E-state index in [0.717, 1.165) is 5.56 Å². The van der Waals surface area contributed by atoms with Crippen LogP contribution < -0.4 is 10.6 Å². The van der Waals surface area contributed by atoms with Gasteiger partial charge in [0.15, 0.2) is 0 Å². The lowest BCUT2D eigenvalue weighted by Gasteiger charge is -2.11. The van der Waals surface area contributed by atoms with Crippen LogP contribution in [0.5, 0.6) is 0 Å². The number of halogens is 2. The van der Waals surface area contributed by atoms with Crippen LogP contribution in [0.3, 0.4) is 0 Å². The van der Waals surface area contributed by atoms with Gasteiger partial charge < -0.3 is 10.6 Å². The Bertz CT molecular complexity index is 987. The molecule has 0 aliphatic rings. The molecule has 0 fully saturated rings. The van der Waals surface area contributed by atoms with E-state index in [1.807, 2.05) is 19.1 Å². The number of anilines is 2. The van der Waals surface area contributed by atoms with Gasteiger partial charge in [0.2, 0.25) is 0 Å². The van der Waals surface area contributed by atoms with Crippen molar-refractivity contribution in [2.75, 3.05) is 10.6 Å². The predicted octanol–water partition coefficient (Wildman–Crippen LogP) is 5.20. The average Bonchev–Trinajstić information content (AvgIpc) is 2.65. The highest BCUT2D eigenvalue weighted by Crippen LogP contribution is 2.26. The van der Waals surface area contributed by atoms with Gasteiger partial charge in [-0.25, -0.2) is 4.98 Å². The summed E-state index contributed by atoms with van der Waals surface area (Å²) in [6.45, 7) is 1.95. The summed E-state index contributed by atoms with van der Waals surface area (Å²) < 4.78 is 0. The second kappa shape index (κ2) is 8.20. The number of nitrogens with zero attached hydrogens (tertiary/aromatic N) is 1. The van der Waals surface area contributed by atoms with E-state index in [0.29, 0.717) is 32.7 Å². The lowest BCUT2D eigenvalue weighted by Crippen LogP contribution is -2.14. The summed E-state index contributed by atoms with van der Waals surface area (Å²) in [5.74, 6) is -0.639. The number of aryl methyl sites for hydroxylation is 1. The van der Waals surface area contributed by atoms with Crippen LogP contribution in [0.2, 0.25) is 10.2 Å². The number of amides is 2. The van der Waals surface area contributed by atoms with Crippen LogP contribution in [0.15, 0.2) is 60.8 Å². The number of hydrogen-bond acceptors (Lipinski definition) is 3. The Hall–Kier alpha value is -2.89. The van der Waals surface area contributed by atoms with Crippen LogP contribution in [0, 0.1) is 6.92 Å². The molecule has 0 saturated carbocycles. The number of benzene rings is 2. The number of carbonyl (C=O) groups is 2. The van der Waals surface area contributed by atoms with Gasteiger partial charge in [0.25, 0.3) is 11.8 Å². The highest BCUT2D eigenvalue weighted by molar-refractivity contribution is 6.34. The molecule has 1 aromatic heterocycles. The maximum absolute atomic E-state index is 12.4. The maximum Gasteiger partial charge on any atom is 0.257 e. The van der Waals surface area contributed by atoms with Crippen LogP contribution in [0.4, 0.5) is 11.4 Å². The summed E-state index contributed by atoms with van der Waals surface area (Å²) >= 11 is 11.9. The van der Waals surface area contributed by atoms with Crippen molar-refractivity contribution >= 4 is 46.4 Å². The number of pyridine rings is 1. The van der Waals surface area contributed by atoms with Crippen LogP contribution in [0.1, 0.15) is 26.3 Å². The van der Waals surface area contributed by atoms with Crippen LogP contribution >= 0.6 is 23.2 Å². The average molecular weight is 400 g/mol. The zero-order chi connectivity index (χ0) is 19.4. The molecule has 3 rings (SSSR count). The maximum atomic E-state index is 12.4. The molecule has 0 unspecified atom stereocenters. The topological polar surface area (TPSA) is 71.1 Å². The minimum atomic E-state index is -0.350.